The fourth-order valence-corrected chi connectivity index (χ4v) is 3.22. The normalized spacial score (nSPS) is 11.4. The summed E-state index contributed by atoms with van der Waals surface area (Å²) in [7, 11) is -3.55. The van der Waals surface area contributed by atoms with Gasteiger partial charge in [0.25, 0.3) is 0 Å². The molecule has 2 aromatic rings. The smallest absolute Gasteiger partial charge is 0.308 e. The van der Waals surface area contributed by atoms with Crippen molar-refractivity contribution >= 4 is 16.0 Å². The van der Waals surface area contributed by atoms with E-state index in [9.17, 15) is 13.2 Å². The maximum absolute atomic E-state index is 12.7. The van der Waals surface area contributed by atoms with Gasteiger partial charge < -0.3 is 13.8 Å². The third-order valence-electron chi connectivity index (χ3n) is 4.15. The summed E-state index contributed by atoms with van der Waals surface area (Å²) in [6.07, 6.45) is 0. The van der Waals surface area contributed by atoms with E-state index in [1.165, 1.54) is 6.92 Å². The molecule has 0 saturated carbocycles. The number of rotatable bonds is 11. The number of carbonyl (C=O) groups is 1. The van der Waals surface area contributed by atoms with Crippen molar-refractivity contribution < 1.29 is 22.1 Å². The van der Waals surface area contributed by atoms with Gasteiger partial charge in [-0.15, -0.1) is 0 Å². The molecule has 29 heavy (non-hydrogen) atoms. The lowest BCUT2D eigenvalue weighted by Crippen LogP contribution is -2.36. The Hall–Kier alpha value is -2.38. The minimum Gasteiger partial charge on any atom is -0.382 e. The summed E-state index contributed by atoms with van der Waals surface area (Å²) in [6.45, 7) is 7.06. The fourth-order valence-electron chi connectivity index (χ4n) is 2.69. The Balaban J connectivity index is 1.95. The van der Waals surface area contributed by atoms with Crippen molar-refractivity contribution in [3.8, 4) is 5.75 Å². The monoisotopic (exact) mass is 419 g/mol. The van der Waals surface area contributed by atoms with E-state index < -0.39 is 10.1 Å². The number of ether oxygens (including phenoxy) is 1. The van der Waals surface area contributed by atoms with E-state index in [1.807, 2.05) is 30.3 Å². The molecule has 6 nitrogen and oxygen atoms in total. The molecule has 0 saturated heterocycles. The Labute approximate surface area is 173 Å². The summed E-state index contributed by atoms with van der Waals surface area (Å²) in [5, 5.41) is 0. The van der Waals surface area contributed by atoms with Crippen LogP contribution in [0.1, 0.15) is 31.9 Å². The molecular formula is C22H29NO5S. The summed E-state index contributed by atoms with van der Waals surface area (Å²) < 4.78 is 33.7. The molecule has 0 spiro atoms. The molecule has 0 aliphatic rings. The van der Waals surface area contributed by atoms with Crippen molar-refractivity contribution in [1.29, 1.82) is 0 Å². The second-order valence-electron chi connectivity index (χ2n) is 7.22. The quantitative estimate of drug-likeness (QED) is 0.520. The molecule has 0 unspecified atom stereocenters. The number of hydrogen-bond acceptors (Lipinski definition) is 5. The van der Waals surface area contributed by atoms with E-state index in [0.29, 0.717) is 25.6 Å². The fraction of sp³-hybridized carbons (Fsp3) is 0.409. The zero-order valence-electron chi connectivity index (χ0n) is 17.2. The highest BCUT2D eigenvalue weighted by molar-refractivity contribution is 7.87. The molecule has 0 fully saturated rings. The molecule has 0 radical (unpaired) electrons. The van der Waals surface area contributed by atoms with Gasteiger partial charge >= 0.3 is 10.1 Å². The average Bonchev–Trinajstić information content (AvgIpc) is 2.69. The third kappa shape index (κ3) is 8.25. The van der Waals surface area contributed by atoms with Crippen molar-refractivity contribution in [3.05, 3.63) is 65.7 Å². The molecule has 0 aliphatic carbocycles. The van der Waals surface area contributed by atoms with Crippen molar-refractivity contribution in [2.24, 2.45) is 5.92 Å². The van der Waals surface area contributed by atoms with Gasteiger partial charge in [0.1, 0.15) is 12.4 Å². The Kier molecular flexibility index (Phi) is 8.67. The highest BCUT2D eigenvalue weighted by atomic mass is 32.2. The molecule has 1 amide bonds. The zero-order chi connectivity index (χ0) is 21.3. The summed E-state index contributed by atoms with van der Waals surface area (Å²) in [4.78, 5) is 14.4. The zero-order valence-corrected chi connectivity index (χ0v) is 18.0. The van der Waals surface area contributed by atoms with Crippen LogP contribution in [0.25, 0.3) is 0 Å². The van der Waals surface area contributed by atoms with Crippen LogP contribution in [0.2, 0.25) is 0 Å². The van der Waals surface area contributed by atoms with Gasteiger partial charge in [-0.1, -0.05) is 56.3 Å². The van der Waals surface area contributed by atoms with E-state index in [1.54, 1.807) is 29.2 Å². The Morgan fingerprint density at radius 2 is 1.66 bits per heavy atom. The van der Waals surface area contributed by atoms with Crippen LogP contribution in [0.15, 0.2) is 54.6 Å². The van der Waals surface area contributed by atoms with Gasteiger partial charge in [0.15, 0.2) is 0 Å². The lowest BCUT2D eigenvalue weighted by molar-refractivity contribution is -0.137. The summed E-state index contributed by atoms with van der Waals surface area (Å²) in [5.41, 5.74) is 1.91. The first-order valence-corrected chi connectivity index (χ1v) is 11.3. The average molecular weight is 420 g/mol. The number of carbonyl (C=O) groups excluding carboxylic acids is 1. The van der Waals surface area contributed by atoms with Crippen LogP contribution in [0, 0.1) is 5.92 Å². The molecule has 0 aromatic heterocycles. The molecule has 7 heteroatoms. The van der Waals surface area contributed by atoms with E-state index in [-0.39, 0.29) is 24.0 Å². The van der Waals surface area contributed by atoms with E-state index in [0.717, 1.165) is 11.1 Å². The van der Waals surface area contributed by atoms with Crippen LogP contribution in [0.4, 0.5) is 0 Å². The van der Waals surface area contributed by atoms with Crippen molar-refractivity contribution in [3.63, 3.8) is 0 Å². The van der Waals surface area contributed by atoms with Crippen molar-refractivity contribution in [2.45, 2.75) is 33.9 Å². The molecule has 0 heterocycles. The van der Waals surface area contributed by atoms with Gasteiger partial charge in [-0.3, -0.25) is 4.79 Å². The van der Waals surface area contributed by atoms with Crippen molar-refractivity contribution in [1.82, 2.24) is 4.90 Å². The van der Waals surface area contributed by atoms with Gasteiger partial charge in [-0.05, 0) is 36.1 Å². The van der Waals surface area contributed by atoms with Crippen LogP contribution in [-0.4, -0.2) is 38.1 Å². The van der Waals surface area contributed by atoms with Gasteiger partial charge in [0, 0.05) is 13.1 Å². The van der Waals surface area contributed by atoms with Gasteiger partial charge in [-0.25, -0.2) is 0 Å². The summed E-state index contributed by atoms with van der Waals surface area (Å²) >= 11 is 0. The lowest BCUT2D eigenvalue weighted by Gasteiger charge is -2.25. The van der Waals surface area contributed by atoms with Gasteiger partial charge in [0.05, 0.1) is 12.4 Å². The highest BCUT2D eigenvalue weighted by Gasteiger charge is 2.16. The molecule has 2 aromatic carbocycles. The standard InChI is InChI=1S/C22H29NO5S/c1-4-29(25,26)28-21-12-10-19(11-13-21)15-23(14-18(2)3)22(24)17-27-16-20-8-6-5-7-9-20/h5-13,18H,4,14-17H2,1-3H3. The minimum atomic E-state index is -3.55. The number of amides is 1. The first kappa shape index (κ1) is 22.9. The lowest BCUT2D eigenvalue weighted by atomic mass is 10.1. The predicted molar refractivity (Wildman–Crippen MR) is 113 cm³/mol. The third-order valence-corrected chi connectivity index (χ3v) is 5.30. The molecule has 0 atom stereocenters. The maximum atomic E-state index is 12.7. The number of hydrogen-bond donors (Lipinski definition) is 0. The van der Waals surface area contributed by atoms with E-state index in [4.69, 9.17) is 8.92 Å². The van der Waals surface area contributed by atoms with Crippen LogP contribution in [0.3, 0.4) is 0 Å². The van der Waals surface area contributed by atoms with Crippen LogP contribution >= 0.6 is 0 Å². The molecule has 0 bridgehead atoms. The minimum absolute atomic E-state index is 0.0115. The van der Waals surface area contributed by atoms with Crippen LogP contribution in [-0.2, 0) is 32.8 Å². The molecule has 0 N–H and O–H groups in total. The number of benzene rings is 2. The first-order chi connectivity index (χ1) is 13.8. The summed E-state index contributed by atoms with van der Waals surface area (Å²) in [6, 6.07) is 16.5. The Morgan fingerprint density at radius 3 is 2.24 bits per heavy atom. The van der Waals surface area contributed by atoms with Crippen LogP contribution < -0.4 is 4.18 Å². The Bertz CT molecular complexity index is 864. The van der Waals surface area contributed by atoms with Crippen molar-refractivity contribution in [2.75, 3.05) is 18.9 Å². The van der Waals surface area contributed by atoms with E-state index in [2.05, 4.69) is 13.8 Å². The van der Waals surface area contributed by atoms with Crippen LogP contribution in [0.5, 0.6) is 5.75 Å². The molecule has 0 aliphatic heterocycles. The van der Waals surface area contributed by atoms with Gasteiger partial charge in [-0.2, -0.15) is 8.42 Å². The van der Waals surface area contributed by atoms with Gasteiger partial charge in [0.2, 0.25) is 5.91 Å². The van der Waals surface area contributed by atoms with E-state index >= 15 is 0 Å². The summed E-state index contributed by atoms with van der Waals surface area (Å²) in [5.74, 6) is 0.409. The molecule has 158 valence electrons. The highest BCUT2D eigenvalue weighted by Crippen LogP contribution is 2.17. The molecule has 2 rings (SSSR count). The SMILES string of the molecule is CCS(=O)(=O)Oc1ccc(CN(CC(C)C)C(=O)COCc2ccccc2)cc1. The second-order valence-corrected chi connectivity index (χ2v) is 9.08. The topological polar surface area (TPSA) is 72.9 Å². The number of nitrogens with zero attached hydrogens (tertiary/aromatic N) is 1. The largest absolute Gasteiger partial charge is 0.382 e. The first-order valence-electron chi connectivity index (χ1n) is 9.69. The predicted octanol–water partition coefficient (Wildman–Crippen LogP) is 3.62. The maximum Gasteiger partial charge on any atom is 0.308 e. The second kappa shape index (κ2) is 11.0. The molecular weight excluding hydrogens is 390 g/mol. The Morgan fingerprint density at radius 1 is 1.00 bits per heavy atom.